The number of halogens is 1. The van der Waals surface area contributed by atoms with Crippen molar-refractivity contribution in [2.24, 2.45) is 5.92 Å². The Morgan fingerprint density at radius 1 is 1.62 bits per heavy atom. The largest absolute Gasteiger partial charge is 0.345 e. The predicted octanol–water partition coefficient (Wildman–Crippen LogP) is 3.23. The van der Waals surface area contributed by atoms with Gasteiger partial charge in [0.1, 0.15) is 4.88 Å². The molecule has 2 rings (SSSR count). The molecular formula is C11H15ClN2OS. The zero-order valence-corrected chi connectivity index (χ0v) is 11.0. The second kappa shape index (κ2) is 4.72. The molecular weight excluding hydrogens is 244 g/mol. The van der Waals surface area contributed by atoms with Crippen molar-refractivity contribution < 1.29 is 4.79 Å². The van der Waals surface area contributed by atoms with Gasteiger partial charge in [-0.1, -0.05) is 36.8 Å². The van der Waals surface area contributed by atoms with Gasteiger partial charge < -0.3 is 4.90 Å². The number of carbonyl (C=O) groups is 1. The summed E-state index contributed by atoms with van der Waals surface area (Å²) in [6.45, 7) is 5.35. The van der Waals surface area contributed by atoms with E-state index in [1.165, 1.54) is 24.2 Å². The first-order chi connectivity index (χ1) is 7.61. The molecule has 1 fully saturated rings. The second-order valence-corrected chi connectivity index (χ2v) is 5.91. The molecule has 0 bridgehead atoms. The topological polar surface area (TPSA) is 33.2 Å². The minimum Gasteiger partial charge on any atom is -0.345 e. The molecule has 0 radical (unpaired) electrons. The van der Waals surface area contributed by atoms with Crippen LogP contribution in [0.15, 0.2) is 0 Å². The van der Waals surface area contributed by atoms with Gasteiger partial charge in [-0.15, -0.1) is 0 Å². The average molecular weight is 259 g/mol. The standard InChI is InChI=1S/C11H15ClN2OS/c1-7(2)5-14(8-3-4-8)11-13-10(12)9(6-15)16-11/h6-8H,3-5H2,1-2H3. The van der Waals surface area contributed by atoms with E-state index in [0.29, 0.717) is 22.0 Å². The van der Waals surface area contributed by atoms with Crippen molar-refractivity contribution in [3.05, 3.63) is 10.0 Å². The van der Waals surface area contributed by atoms with E-state index < -0.39 is 0 Å². The highest BCUT2D eigenvalue weighted by atomic mass is 35.5. The van der Waals surface area contributed by atoms with Crippen molar-refractivity contribution in [2.45, 2.75) is 32.7 Å². The fourth-order valence-electron chi connectivity index (χ4n) is 1.66. The van der Waals surface area contributed by atoms with Gasteiger partial charge in [-0.25, -0.2) is 4.98 Å². The molecule has 0 spiro atoms. The first-order valence-electron chi connectivity index (χ1n) is 5.50. The molecule has 5 heteroatoms. The minimum atomic E-state index is 0.337. The van der Waals surface area contributed by atoms with E-state index in [4.69, 9.17) is 11.6 Å². The lowest BCUT2D eigenvalue weighted by Gasteiger charge is -2.23. The Hall–Kier alpha value is -0.610. The van der Waals surface area contributed by atoms with Crippen LogP contribution in [0, 0.1) is 5.92 Å². The van der Waals surface area contributed by atoms with Gasteiger partial charge in [0, 0.05) is 12.6 Å². The molecule has 0 unspecified atom stereocenters. The van der Waals surface area contributed by atoms with Gasteiger partial charge in [-0.2, -0.15) is 0 Å². The Morgan fingerprint density at radius 3 is 2.75 bits per heavy atom. The van der Waals surface area contributed by atoms with E-state index in [0.717, 1.165) is 18.0 Å². The number of aldehydes is 1. The van der Waals surface area contributed by atoms with E-state index in [1.54, 1.807) is 0 Å². The molecule has 0 amide bonds. The molecule has 1 saturated carbocycles. The lowest BCUT2D eigenvalue weighted by Crippen LogP contribution is -2.29. The summed E-state index contributed by atoms with van der Waals surface area (Å²) in [6.07, 6.45) is 3.23. The summed E-state index contributed by atoms with van der Waals surface area (Å²) in [5, 5.41) is 1.23. The van der Waals surface area contributed by atoms with Crippen molar-refractivity contribution in [1.82, 2.24) is 4.98 Å². The molecule has 0 N–H and O–H groups in total. The van der Waals surface area contributed by atoms with Crippen LogP contribution >= 0.6 is 22.9 Å². The van der Waals surface area contributed by atoms with Gasteiger partial charge in [0.15, 0.2) is 16.6 Å². The number of hydrogen-bond donors (Lipinski definition) is 0. The Labute approximate surface area is 104 Å². The predicted molar refractivity (Wildman–Crippen MR) is 67.7 cm³/mol. The van der Waals surface area contributed by atoms with Crippen LogP contribution in [0.1, 0.15) is 36.4 Å². The van der Waals surface area contributed by atoms with Gasteiger partial charge in [0.25, 0.3) is 0 Å². The van der Waals surface area contributed by atoms with Crippen molar-refractivity contribution in [3.8, 4) is 0 Å². The monoisotopic (exact) mass is 258 g/mol. The Morgan fingerprint density at radius 2 is 2.31 bits per heavy atom. The van der Waals surface area contributed by atoms with Gasteiger partial charge in [0.05, 0.1) is 0 Å². The molecule has 0 saturated heterocycles. The first-order valence-corrected chi connectivity index (χ1v) is 6.69. The maximum absolute atomic E-state index is 10.7. The first kappa shape index (κ1) is 11.9. The highest BCUT2D eigenvalue weighted by Crippen LogP contribution is 2.36. The Bertz CT molecular complexity index is 387. The lowest BCUT2D eigenvalue weighted by atomic mass is 10.2. The van der Waals surface area contributed by atoms with Crippen LogP contribution in [0.4, 0.5) is 5.13 Å². The summed E-state index contributed by atoms with van der Waals surface area (Å²) in [7, 11) is 0. The summed E-state index contributed by atoms with van der Waals surface area (Å²) in [5.41, 5.74) is 0. The molecule has 1 aromatic heterocycles. The molecule has 1 aromatic rings. The van der Waals surface area contributed by atoms with Crippen molar-refractivity contribution >= 4 is 34.4 Å². The maximum atomic E-state index is 10.7. The number of rotatable bonds is 5. The normalized spacial score (nSPS) is 15.5. The van der Waals surface area contributed by atoms with Crippen LogP contribution in [0.25, 0.3) is 0 Å². The zero-order chi connectivity index (χ0) is 11.7. The van der Waals surface area contributed by atoms with Crippen LogP contribution in [0.3, 0.4) is 0 Å². The quantitative estimate of drug-likeness (QED) is 0.761. The van der Waals surface area contributed by atoms with Gasteiger partial charge in [-0.3, -0.25) is 4.79 Å². The number of aromatic nitrogens is 1. The van der Waals surface area contributed by atoms with E-state index in [-0.39, 0.29) is 0 Å². The highest BCUT2D eigenvalue weighted by molar-refractivity contribution is 7.17. The van der Waals surface area contributed by atoms with Crippen LogP contribution in [-0.2, 0) is 0 Å². The third kappa shape index (κ3) is 2.55. The smallest absolute Gasteiger partial charge is 0.187 e. The molecule has 1 aliphatic rings. The number of carbonyl (C=O) groups excluding carboxylic acids is 1. The van der Waals surface area contributed by atoms with Crippen molar-refractivity contribution in [2.75, 3.05) is 11.4 Å². The van der Waals surface area contributed by atoms with Crippen molar-refractivity contribution in [3.63, 3.8) is 0 Å². The Balaban J connectivity index is 2.20. The van der Waals surface area contributed by atoms with E-state index in [1.807, 2.05) is 0 Å². The summed E-state index contributed by atoms with van der Waals surface area (Å²) in [6, 6.07) is 0.601. The number of thiazole rings is 1. The summed E-state index contributed by atoms with van der Waals surface area (Å²) in [4.78, 5) is 17.8. The molecule has 3 nitrogen and oxygen atoms in total. The SMILES string of the molecule is CC(C)CN(c1nc(Cl)c(C=O)s1)C1CC1. The number of hydrogen-bond acceptors (Lipinski definition) is 4. The lowest BCUT2D eigenvalue weighted by molar-refractivity contribution is 0.112. The van der Waals surface area contributed by atoms with Crippen LogP contribution in [0.2, 0.25) is 5.15 Å². The summed E-state index contributed by atoms with van der Waals surface area (Å²) in [5.74, 6) is 0.586. The molecule has 88 valence electrons. The Kier molecular flexibility index (Phi) is 3.50. The van der Waals surface area contributed by atoms with E-state index >= 15 is 0 Å². The minimum absolute atomic E-state index is 0.337. The number of anilines is 1. The van der Waals surface area contributed by atoms with E-state index in [2.05, 4.69) is 23.7 Å². The number of nitrogens with zero attached hydrogens (tertiary/aromatic N) is 2. The average Bonchev–Trinajstić information content (AvgIpc) is 2.98. The molecule has 0 atom stereocenters. The summed E-state index contributed by atoms with van der Waals surface area (Å²) < 4.78 is 0. The molecule has 16 heavy (non-hydrogen) atoms. The fourth-order valence-corrected chi connectivity index (χ4v) is 2.80. The van der Waals surface area contributed by atoms with E-state index in [9.17, 15) is 4.79 Å². The third-order valence-corrected chi connectivity index (χ3v) is 3.92. The van der Waals surface area contributed by atoms with Gasteiger partial charge >= 0.3 is 0 Å². The van der Waals surface area contributed by atoms with Crippen LogP contribution in [-0.4, -0.2) is 23.9 Å². The maximum Gasteiger partial charge on any atom is 0.187 e. The highest BCUT2D eigenvalue weighted by Gasteiger charge is 2.31. The van der Waals surface area contributed by atoms with Gasteiger partial charge in [-0.05, 0) is 18.8 Å². The van der Waals surface area contributed by atoms with Crippen LogP contribution < -0.4 is 4.90 Å². The molecule has 1 heterocycles. The fraction of sp³-hybridized carbons (Fsp3) is 0.636. The zero-order valence-electron chi connectivity index (χ0n) is 9.44. The third-order valence-electron chi connectivity index (χ3n) is 2.50. The second-order valence-electron chi connectivity index (χ2n) is 4.55. The molecule has 0 aromatic carbocycles. The van der Waals surface area contributed by atoms with Crippen molar-refractivity contribution in [1.29, 1.82) is 0 Å². The molecule has 1 aliphatic carbocycles. The molecule has 0 aliphatic heterocycles. The van der Waals surface area contributed by atoms with Gasteiger partial charge in [0.2, 0.25) is 0 Å². The summed E-state index contributed by atoms with van der Waals surface area (Å²) >= 11 is 7.28. The van der Waals surface area contributed by atoms with Crippen LogP contribution in [0.5, 0.6) is 0 Å².